The van der Waals surface area contributed by atoms with Crippen LogP contribution in [0.4, 0.5) is 11.4 Å². The number of likely N-dealkylation sites (tertiary alicyclic amines) is 1. The number of nitrogens with zero attached hydrogens (tertiary/aromatic N) is 2. The molecule has 8 heteroatoms. The number of nitro groups is 1. The minimum absolute atomic E-state index is 0.0182. The maximum absolute atomic E-state index is 11.9. The van der Waals surface area contributed by atoms with Gasteiger partial charge in [-0.1, -0.05) is 6.92 Å². The highest BCUT2D eigenvalue weighted by atomic mass is 32.2. The summed E-state index contributed by atoms with van der Waals surface area (Å²) in [4.78, 5) is 12.5. The summed E-state index contributed by atoms with van der Waals surface area (Å²) >= 11 is 0. The van der Waals surface area contributed by atoms with Crippen molar-refractivity contribution in [1.82, 2.24) is 4.90 Å². The molecule has 122 valence electrons. The second kappa shape index (κ2) is 6.62. The van der Waals surface area contributed by atoms with Crippen LogP contribution in [-0.4, -0.2) is 50.2 Å². The van der Waals surface area contributed by atoms with Crippen molar-refractivity contribution in [3.05, 3.63) is 28.3 Å². The number of non-ortho nitro benzene ring substituents is 1. The van der Waals surface area contributed by atoms with Crippen molar-refractivity contribution in [3.8, 4) is 0 Å². The Balaban J connectivity index is 2.28. The van der Waals surface area contributed by atoms with Crippen LogP contribution in [0.15, 0.2) is 23.1 Å². The van der Waals surface area contributed by atoms with Crippen molar-refractivity contribution >= 4 is 21.2 Å². The molecule has 1 atom stereocenters. The highest BCUT2D eigenvalue weighted by Crippen LogP contribution is 2.28. The minimum atomic E-state index is -3.54. The van der Waals surface area contributed by atoms with Crippen LogP contribution >= 0.6 is 0 Å². The zero-order valence-electron chi connectivity index (χ0n) is 12.8. The molecule has 1 aromatic rings. The zero-order chi connectivity index (χ0) is 16.3. The summed E-state index contributed by atoms with van der Waals surface area (Å²) in [6.07, 6.45) is 3.07. The van der Waals surface area contributed by atoms with Gasteiger partial charge in [0.1, 0.15) is 0 Å². The predicted molar refractivity (Wildman–Crippen MR) is 85.0 cm³/mol. The number of rotatable bonds is 5. The van der Waals surface area contributed by atoms with Gasteiger partial charge in [0.25, 0.3) is 5.69 Å². The summed E-state index contributed by atoms with van der Waals surface area (Å²) in [5, 5.41) is 14.1. The fraction of sp³-hybridized carbons (Fsp3) is 0.571. The maximum Gasteiger partial charge on any atom is 0.270 e. The van der Waals surface area contributed by atoms with Gasteiger partial charge in [0.05, 0.1) is 15.5 Å². The Hall–Kier alpha value is -1.67. The van der Waals surface area contributed by atoms with Gasteiger partial charge in [0, 0.05) is 31.0 Å². The molecule has 0 saturated carbocycles. The number of anilines is 1. The van der Waals surface area contributed by atoms with E-state index in [1.165, 1.54) is 12.1 Å². The molecule has 1 unspecified atom stereocenters. The van der Waals surface area contributed by atoms with E-state index < -0.39 is 14.8 Å². The Kier molecular flexibility index (Phi) is 5.02. The SMILES string of the molecule is CCN1CCCC(Nc2ccc([N+](=O)[O-])cc2S(C)(=O)=O)C1. The van der Waals surface area contributed by atoms with E-state index in [1.54, 1.807) is 0 Å². The smallest absolute Gasteiger partial charge is 0.270 e. The molecule has 0 aliphatic carbocycles. The minimum Gasteiger partial charge on any atom is -0.380 e. The van der Waals surface area contributed by atoms with Crippen LogP contribution in [-0.2, 0) is 9.84 Å². The van der Waals surface area contributed by atoms with Crippen LogP contribution in [0.25, 0.3) is 0 Å². The fourth-order valence-electron chi connectivity index (χ4n) is 2.73. The summed E-state index contributed by atoms with van der Waals surface area (Å²) < 4.78 is 23.8. The van der Waals surface area contributed by atoms with E-state index in [2.05, 4.69) is 17.1 Å². The lowest BCUT2D eigenvalue weighted by Crippen LogP contribution is -2.42. The Bertz CT molecular complexity index is 660. The van der Waals surface area contributed by atoms with E-state index in [1.807, 2.05) is 0 Å². The third-order valence-corrected chi connectivity index (χ3v) is 5.02. The molecule has 0 radical (unpaired) electrons. The van der Waals surface area contributed by atoms with Crippen molar-refractivity contribution in [2.24, 2.45) is 0 Å². The van der Waals surface area contributed by atoms with E-state index in [9.17, 15) is 18.5 Å². The topological polar surface area (TPSA) is 92.5 Å². The van der Waals surface area contributed by atoms with Crippen LogP contribution in [0, 0.1) is 10.1 Å². The number of nitro benzene ring substituents is 1. The van der Waals surface area contributed by atoms with Gasteiger partial charge in [-0.15, -0.1) is 0 Å². The molecule has 2 rings (SSSR count). The van der Waals surface area contributed by atoms with Gasteiger partial charge in [-0.25, -0.2) is 8.42 Å². The lowest BCUT2D eigenvalue weighted by atomic mass is 10.1. The first kappa shape index (κ1) is 16.7. The maximum atomic E-state index is 11.9. The molecule has 0 amide bonds. The number of benzene rings is 1. The Morgan fingerprint density at radius 1 is 1.45 bits per heavy atom. The quantitative estimate of drug-likeness (QED) is 0.656. The molecule has 0 spiro atoms. The Labute approximate surface area is 130 Å². The first-order chi connectivity index (χ1) is 10.3. The van der Waals surface area contributed by atoms with Crippen molar-refractivity contribution in [1.29, 1.82) is 0 Å². The fourth-order valence-corrected chi connectivity index (χ4v) is 3.59. The molecule has 7 nitrogen and oxygen atoms in total. The largest absolute Gasteiger partial charge is 0.380 e. The number of nitrogens with one attached hydrogen (secondary N) is 1. The normalized spacial score (nSPS) is 19.8. The summed E-state index contributed by atoms with van der Waals surface area (Å²) in [7, 11) is -3.54. The van der Waals surface area contributed by atoms with Gasteiger partial charge in [-0.05, 0) is 32.0 Å². The second-order valence-corrected chi connectivity index (χ2v) is 7.57. The molecule has 0 aromatic heterocycles. The number of likely N-dealkylation sites (N-methyl/N-ethyl adjacent to an activating group) is 1. The first-order valence-electron chi connectivity index (χ1n) is 7.28. The third-order valence-electron chi connectivity index (χ3n) is 3.89. The highest BCUT2D eigenvalue weighted by molar-refractivity contribution is 7.90. The van der Waals surface area contributed by atoms with E-state index in [-0.39, 0.29) is 16.6 Å². The third kappa shape index (κ3) is 3.95. The van der Waals surface area contributed by atoms with Gasteiger partial charge >= 0.3 is 0 Å². The van der Waals surface area contributed by atoms with Crippen LogP contribution in [0.5, 0.6) is 0 Å². The summed E-state index contributed by atoms with van der Waals surface area (Å²) in [5.74, 6) is 0. The van der Waals surface area contributed by atoms with Crippen molar-refractivity contribution in [3.63, 3.8) is 0 Å². The molecular formula is C14H21N3O4S. The Morgan fingerprint density at radius 2 is 2.18 bits per heavy atom. The molecule has 1 N–H and O–H groups in total. The molecule has 1 aromatic carbocycles. The average Bonchev–Trinajstić information content (AvgIpc) is 2.46. The van der Waals surface area contributed by atoms with Gasteiger partial charge in [-0.3, -0.25) is 10.1 Å². The van der Waals surface area contributed by atoms with Gasteiger partial charge < -0.3 is 10.2 Å². The molecule has 1 saturated heterocycles. The standard InChI is InChI=1S/C14H21N3O4S/c1-3-16-8-4-5-11(10-16)15-13-7-6-12(17(18)19)9-14(13)22(2,20)21/h6-7,9,11,15H,3-5,8,10H2,1-2H3. The lowest BCUT2D eigenvalue weighted by molar-refractivity contribution is -0.385. The number of hydrogen-bond acceptors (Lipinski definition) is 6. The molecule has 1 fully saturated rings. The van der Waals surface area contributed by atoms with Crippen LogP contribution in [0.1, 0.15) is 19.8 Å². The highest BCUT2D eigenvalue weighted by Gasteiger charge is 2.23. The zero-order valence-corrected chi connectivity index (χ0v) is 13.6. The molecule has 1 aliphatic heterocycles. The first-order valence-corrected chi connectivity index (χ1v) is 9.17. The van der Waals surface area contributed by atoms with Crippen molar-refractivity contribution in [2.45, 2.75) is 30.7 Å². The van der Waals surface area contributed by atoms with E-state index in [4.69, 9.17) is 0 Å². The molecular weight excluding hydrogens is 306 g/mol. The van der Waals surface area contributed by atoms with Gasteiger partial charge in [0.15, 0.2) is 9.84 Å². The Morgan fingerprint density at radius 3 is 2.77 bits per heavy atom. The predicted octanol–water partition coefficient (Wildman–Crippen LogP) is 1.89. The molecule has 0 bridgehead atoms. The van der Waals surface area contributed by atoms with E-state index in [0.717, 1.165) is 44.8 Å². The number of piperidine rings is 1. The van der Waals surface area contributed by atoms with Gasteiger partial charge in [0.2, 0.25) is 0 Å². The van der Waals surface area contributed by atoms with Crippen LogP contribution in [0.2, 0.25) is 0 Å². The second-order valence-electron chi connectivity index (χ2n) is 5.59. The average molecular weight is 327 g/mol. The summed E-state index contributed by atoms with van der Waals surface area (Å²) in [5.41, 5.74) is 0.223. The molecule has 1 aliphatic rings. The monoisotopic (exact) mass is 327 g/mol. The lowest BCUT2D eigenvalue weighted by Gasteiger charge is -2.33. The number of sulfone groups is 1. The van der Waals surface area contributed by atoms with Crippen molar-refractivity contribution in [2.75, 3.05) is 31.2 Å². The van der Waals surface area contributed by atoms with Gasteiger partial charge in [-0.2, -0.15) is 0 Å². The van der Waals surface area contributed by atoms with Crippen molar-refractivity contribution < 1.29 is 13.3 Å². The summed E-state index contributed by atoms with van der Waals surface area (Å²) in [6, 6.07) is 4.09. The molecule has 22 heavy (non-hydrogen) atoms. The van der Waals surface area contributed by atoms with Crippen LogP contribution in [0.3, 0.4) is 0 Å². The summed E-state index contributed by atoms with van der Waals surface area (Å²) in [6.45, 7) is 4.94. The number of hydrogen-bond donors (Lipinski definition) is 1. The molecule has 1 heterocycles. The van der Waals surface area contributed by atoms with Crippen LogP contribution < -0.4 is 5.32 Å². The van der Waals surface area contributed by atoms with E-state index in [0.29, 0.717) is 5.69 Å². The van der Waals surface area contributed by atoms with E-state index >= 15 is 0 Å².